The lowest BCUT2D eigenvalue weighted by molar-refractivity contribution is 0.0779. The van der Waals surface area contributed by atoms with E-state index in [1.165, 1.54) is 0 Å². The fourth-order valence-electron chi connectivity index (χ4n) is 0.950. The van der Waals surface area contributed by atoms with Gasteiger partial charge in [-0.05, 0) is 18.6 Å². The van der Waals surface area contributed by atoms with E-state index >= 15 is 0 Å². The van der Waals surface area contributed by atoms with Gasteiger partial charge < -0.3 is 14.2 Å². The summed E-state index contributed by atoms with van der Waals surface area (Å²) >= 11 is 0. The Balaban J connectivity index is 2.82. The fraction of sp³-hybridized carbons (Fsp3) is 0.400. The molecule has 1 heterocycles. The van der Waals surface area contributed by atoms with Crippen LogP contribution in [0.4, 0.5) is 0 Å². The van der Waals surface area contributed by atoms with E-state index in [0.29, 0.717) is 19.2 Å². The fourth-order valence-corrected chi connectivity index (χ4v) is 0.950. The monoisotopic (exact) mass is 182 g/mol. The van der Waals surface area contributed by atoms with E-state index in [1.54, 1.807) is 13.2 Å². The number of hydrogen-bond acceptors (Lipinski definition) is 3. The highest BCUT2D eigenvalue weighted by Gasteiger charge is 2.13. The maximum Gasteiger partial charge on any atom is 0.189 e. The average molecular weight is 182 g/mol. The summed E-state index contributed by atoms with van der Waals surface area (Å²) in [6.45, 7) is 6.39. The van der Waals surface area contributed by atoms with E-state index in [2.05, 4.69) is 6.58 Å². The quantitative estimate of drug-likeness (QED) is 0.493. The first-order chi connectivity index (χ1) is 6.27. The Hall–Kier alpha value is -1.22. The molecule has 1 aliphatic rings. The second-order valence-corrected chi connectivity index (χ2v) is 2.69. The summed E-state index contributed by atoms with van der Waals surface area (Å²) in [5, 5.41) is 0. The number of rotatable bonds is 3. The van der Waals surface area contributed by atoms with Gasteiger partial charge in [-0.2, -0.15) is 0 Å². The highest BCUT2D eigenvalue weighted by Crippen LogP contribution is 2.16. The Bertz CT molecular complexity index is 243. The van der Waals surface area contributed by atoms with Crippen LogP contribution in [0, 0.1) is 0 Å². The number of ether oxygens (including phenoxy) is 3. The summed E-state index contributed by atoms with van der Waals surface area (Å²) in [5.41, 5.74) is 1.03. The molecule has 0 radical (unpaired) electrons. The van der Waals surface area contributed by atoms with Crippen molar-refractivity contribution in [3.8, 4) is 0 Å². The first-order valence-corrected chi connectivity index (χ1v) is 4.06. The summed E-state index contributed by atoms with van der Waals surface area (Å²) in [5.74, 6) is 1.44. The lowest BCUT2D eigenvalue weighted by atomic mass is 10.2. The Morgan fingerprint density at radius 1 is 1.62 bits per heavy atom. The predicted molar refractivity (Wildman–Crippen MR) is 49.9 cm³/mol. The summed E-state index contributed by atoms with van der Waals surface area (Å²) in [4.78, 5) is 0. The molecule has 1 aliphatic heterocycles. The van der Waals surface area contributed by atoms with Gasteiger partial charge in [-0.25, -0.2) is 0 Å². The van der Waals surface area contributed by atoms with Gasteiger partial charge in [0.1, 0.15) is 6.61 Å². The van der Waals surface area contributed by atoms with Gasteiger partial charge in [0.2, 0.25) is 0 Å². The molecule has 0 atom stereocenters. The Morgan fingerprint density at radius 3 is 2.85 bits per heavy atom. The molecule has 0 saturated carbocycles. The summed E-state index contributed by atoms with van der Waals surface area (Å²) < 4.78 is 15.4. The first kappa shape index (κ1) is 9.86. The van der Waals surface area contributed by atoms with Crippen LogP contribution in [0.5, 0.6) is 0 Å². The van der Waals surface area contributed by atoms with Crippen LogP contribution in [0.3, 0.4) is 0 Å². The van der Waals surface area contributed by atoms with Crippen molar-refractivity contribution in [1.29, 1.82) is 0 Å². The standard InChI is InChI=1S/C10H14O3/c1-4-8(2)5-9(11-3)10-6-12-7-13-10/h4-5H,1,6-7H2,2-3H3/b8-5-,10-9-. The molecular formula is C10H14O3. The topological polar surface area (TPSA) is 27.7 Å². The van der Waals surface area contributed by atoms with Crippen molar-refractivity contribution in [2.24, 2.45) is 0 Å². The molecular weight excluding hydrogens is 168 g/mol. The zero-order chi connectivity index (χ0) is 9.68. The molecule has 3 nitrogen and oxygen atoms in total. The van der Waals surface area contributed by atoms with Crippen LogP contribution in [0.2, 0.25) is 0 Å². The van der Waals surface area contributed by atoms with E-state index < -0.39 is 0 Å². The maximum absolute atomic E-state index is 5.20. The van der Waals surface area contributed by atoms with Gasteiger partial charge in [-0.1, -0.05) is 12.7 Å². The van der Waals surface area contributed by atoms with Gasteiger partial charge in [0.25, 0.3) is 0 Å². The predicted octanol–water partition coefficient (Wildman–Crippen LogP) is 1.98. The van der Waals surface area contributed by atoms with E-state index in [1.807, 2.05) is 13.0 Å². The Morgan fingerprint density at radius 2 is 2.38 bits per heavy atom. The van der Waals surface area contributed by atoms with Crippen LogP contribution in [0.15, 0.2) is 35.8 Å². The van der Waals surface area contributed by atoms with Crippen molar-refractivity contribution >= 4 is 0 Å². The number of hydrogen-bond donors (Lipinski definition) is 0. The second kappa shape index (κ2) is 4.72. The molecule has 0 amide bonds. The molecule has 0 aromatic carbocycles. The van der Waals surface area contributed by atoms with Gasteiger partial charge in [-0.15, -0.1) is 0 Å². The number of methoxy groups -OCH3 is 1. The van der Waals surface area contributed by atoms with Crippen LogP contribution in [0.1, 0.15) is 6.92 Å². The third-order valence-electron chi connectivity index (χ3n) is 1.73. The highest BCUT2D eigenvalue weighted by molar-refractivity contribution is 5.26. The van der Waals surface area contributed by atoms with E-state index in [9.17, 15) is 0 Å². The summed E-state index contributed by atoms with van der Waals surface area (Å²) in [6.07, 6.45) is 3.63. The molecule has 0 N–H and O–H groups in total. The van der Waals surface area contributed by atoms with Crippen molar-refractivity contribution in [3.05, 3.63) is 35.8 Å². The molecule has 0 unspecified atom stereocenters. The molecule has 0 aliphatic carbocycles. The molecule has 1 saturated heterocycles. The third-order valence-corrected chi connectivity index (χ3v) is 1.73. The SMILES string of the molecule is C=C/C(C)=C\C(OC)=C1/COCO1. The van der Waals surface area contributed by atoms with Crippen LogP contribution >= 0.6 is 0 Å². The van der Waals surface area contributed by atoms with E-state index in [4.69, 9.17) is 14.2 Å². The van der Waals surface area contributed by atoms with Crippen LogP contribution in [0.25, 0.3) is 0 Å². The van der Waals surface area contributed by atoms with Crippen LogP contribution < -0.4 is 0 Å². The van der Waals surface area contributed by atoms with E-state index in [-0.39, 0.29) is 0 Å². The second-order valence-electron chi connectivity index (χ2n) is 2.69. The van der Waals surface area contributed by atoms with Crippen molar-refractivity contribution < 1.29 is 14.2 Å². The molecule has 3 heteroatoms. The molecule has 1 rings (SSSR count). The minimum atomic E-state index is 0.309. The highest BCUT2D eigenvalue weighted by atomic mass is 16.7. The molecule has 0 aromatic heterocycles. The minimum Gasteiger partial charge on any atom is -0.493 e. The Labute approximate surface area is 78.3 Å². The van der Waals surface area contributed by atoms with E-state index in [0.717, 1.165) is 11.3 Å². The Kier molecular flexibility index (Phi) is 3.58. The van der Waals surface area contributed by atoms with Gasteiger partial charge in [-0.3, -0.25) is 0 Å². The smallest absolute Gasteiger partial charge is 0.189 e. The average Bonchev–Trinajstić information content (AvgIpc) is 2.66. The van der Waals surface area contributed by atoms with Gasteiger partial charge in [0, 0.05) is 0 Å². The molecule has 0 aromatic rings. The first-order valence-electron chi connectivity index (χ1n) is 4.06. The van der Waals surface area contributed by atoms with Crippen LogP contribution in [-0.2, 0) is 14.2 Å². The van der Waals surface area contributed by atoms with Gasteiger partial charge in [0.15, 0.2) is 18.3 Å². The summed E-state index contributed by atoms with van der Waals surface area (Å²) in [7, 11) is 1.61. The maximum atomic E-state index is 5.20. The lowest BCUT2D eigenvalue weighted by Gasteiger charge is -2.04. The molecule has 1 fully saturated rings. The molecule has 0 bridgehead atoms. The summed E-state index contributed by atoms with van der Waals surface area (Å²) in [6, 6.07) is 0. The van der Waals surface area contributed by atoms with Crippen molar-refractivity contribution in [2.75, 3.05) is 20.5 Å². The minimum absolute atomic E-state index is 0.309. The largest absolute Gasteiger partial charge is 0.493 e. The molecule has 72 valence electrons. The number of allylic oxidation sites excluding steroid dienone is 3. The van der Waals surface area contributed by atoms with Crippen molar-refractivity contribution in [3.63, 3.8) is 0 Å². The van der Waals surface area contributed by atoms with Crippen molar-refractivity contribution in [1.82, 2.24) is 0 Å². The zero-order valence-electron chi connectivity index (χ0n) is 8.00. The normalized spacial score (nSPS) is 20.9. The molecule has 13 heavy (non-hydrogen) atoms. The van der Waals surface area contributed by atoms with Crippen LogP contribution in [-0.4, -0.2) is 20.5 Å². The lowest BCUT2D eigenvalue weighted by Crippen LogP contribution is -1.94. The third kappa shape index (κ3) is 2.63. The van der Waals surface area contributed by atoms with Crippen molar-refractivity contribution in [2.45, 2.75) is 6.92 Å². The van der Waals surface area contributed by atoms with Gasteiger partial charge >= 0.3 is 0 Å². The zero-order valence-corrected chi connectivity index (χ0v) is 8.00. The molecule has 0 spiro atoms. The van der Waals surface area contributed by atoms with Gasteiger partial charge in [0.05, 0.1) is 7.11 Å².